The maximum atomic E-state index is 3.46. The lowest BCUT2D eigenvalue weighted by molar-refractivity contribution is 0.489. The first-order chi connectivity index (χ1) is 7.27. The summed E-state index contributed by atoms with van der Waals surface area (Å²) >= 11 is 0. The van der Waals surface area contributed by atoms with Crippen LogP contribution in [0.1, 0.15) is 13.8 Å². The fourth-order valence-electron chi connectivity index (χ4n) is 1.47. The number of para-hydroxylation sites is 1. The molecule has 3 N–H and O–H groups in total. The molecule has 0 saturated carbocycles. The van der Waals surface area contributed by atoms with Crippen molar-refractivity contribution in [2.24, 2.45) is 0 Å². The van der Waals surface area contributed by atoms with Crippen molar-refractivity contribution in [2.45, 2.75) is 20.1 Å². The molecule has 0 radical (unpaired) electrons. The zero-order chi connectivity index (χ0) is 11.1. The van der Waals surface area contributed by atoms with Crippen LogP contribution in [0.3, 0.4) is 0 Å². The second-order valence-corrected chi connectivity index (χ2v) is 4.58. The standard InChI is InChI=1S/C11H21N3Si/c1-3-12-11(13-4-2)14-9-7-5-6-8-10(9)15/h5-8,11-14H,3-4H2,1-2,15H3. The van der Waals surface area contributed by atoms with Gasteiger partial charge in [0.1, 0.15) is 6.29 Å². The Kier molecular flexibility index (Phi) is 5.38. The fraction of sp³-hybridized carbons (Fsp3) is 0.455. The predicted molar refractivity (Wildman–Crippen MR) is 70.8 cm³/mol. The summed E-state index contributed by atoms with van der Waals surface area (Å²) in [6, 6.07) is 8.45. The van der Waals surface area contributed by atoms with Crippen LogP contribution in [0.4, 0.5) is 5.69 Å². The summed E-state index contributed by atoms with van der Waals surface area (Å²) in [4.78, 5) is 0. The molecule has 0 unspecified atom stereocenters. The van der Waals surface area contributed by atoms with Gasteiger partial charge in [0.05, 0.1) is 0 Å². The molecule has 1 aromatic carbocycles. The zero-order valence-corrected chi connectivity index (χ0v) is 11.8. The highest BCUT2D eigenvalue weighted by molar-refractivity contribution is 6.35. The van der Waals surface area contributed by atoms with Crippen molar-refractivity contribution in [3.63, 3.8) is 0 Å². The Morgan fingerprint density at radius 1 is 1.13 bits per heavy atom. The molecule has 0 heterocycles. The first-order valence-electron chi connectivity index (χ1n) is 5.56. The van der Waals surface area contributed by atoms with Crippen molar-refractivity contribution in [3.05, 3.63) is 24.3 Å². The van der Waals surface area contributed by atoms with E-state index in [2.05, 4.69) is 54.1 Å². The van der Waals surface area contributed by atoms with Gasteiger partial charge in [-0.15, -0.1) is 0 Å². The molecule has 1 aromatic rings. The van der Waals surface area contributed by atoms with Crippen LogP contribution in [0.15, 0.2) is 24.3 Å². The molecular formula is C11H21N3Si. The Balaban J connectivity index is 2.60. The van der Waals surface area contributed by atoms with E-state index < -0.39 is 0 Å². The van der Waals surface area contributed by atoms with Gasteiger partial charge in [-0.1, -0.05) is 32.0 Å². The minimum atomic E-state index is 0.162. The Hall–Kier alpha value is -0.843. The van der Waals surface area contributed by atoms with Crippen molar-refractivity contribution in [1.82, 2.24) is 10.6 Å². The average molecular weight is 223 g/mol. The third-order valence-corrected chi connectivity index (χ3v) is 3.13. The van der Waals surface area contributed by atoms with Crippen LogP contribution in [0, 0.1) is 0 Å². The molecule has 0 bridgehead atoms. The summed E-state index contributed by atoms with van der Waals surface area (Å²) in [5.41, 5.74) is 1.23. The smallest absolute Gasteiger partial charge is 0.132 e. The summed E-state index contributed by atoms with van der Waals surface area (Å²) in [5.74, 6) is 0. The lowest BCUT2D eigenvalue weighted by atomic mass is 10.3. The van der Waals surface area contributed by atoms with E-state index in [0.717, 1.165) is 23.3 Å². The zero-order valence-electron chi connectivity index (χ0n) is 9.80. The molecule has 0 aliphatic rings. The molecule has 0 aliphatic carbocycles. The van der Waals surface area contributed by atoms with E-state index in [4.69, 9.17) is 0 Å². The average Bonchev–Trinajstić information content (AvgIpc) is 2.22. The highest BCUT2D eigenvalue weighted by Crippen LogP contribution is 2.01. The normalized spacial score (nSPS) is 10.9. The van der Waals surface area contributed by atoms with Gasteiger partial charge in [0.15, 0.2) is 0 Å². The maximum absolute atomic E-state index is 3.46. The van der Waals surface area contributed by atoms with Gasteiger partial charge in [-0.05, 0) is 24.3 Å². The summed E-state index contributed by atoms with van der Waals surface area (Å²) in [6.07, 6.45) is 0.162. The van der Waals surface area contributed by atoms with Crippen LogP contribution in [0.2, 0.25) is 0 Å². The highest BCUT2D eigenvalue weighted by Gasteiger charge is 2.05. The summed E-state index contributed by atoms with van der Waals surface area (Å²) in [6.45, 7) is 6.12. The molecule has 0 atom stereocenters. The quantitative estimate of drug-likeness (QED) is 0.453. The molecular weight excluding hydrogens is 202 g/mol. The summed E-state index contributed by atoms with van der Waals surface area (Å²) in [7, 11) is 1.07. The van der Waals surface area contributed by atoms with Crippen molar-refractivity contribution in [2.75, 3.05) is 18.4 Å². The molecule has 3 nitrogen and oxygen atoms in total. The van der Waals surface area contributed by atoms with Gasteiger partial charge < -0.3 is 5.32 Å². The van der Waals surface area contributed by atoms with E-state index in [-0.39, 0.29) is 6.29 Å². The van der Waals surface area contributed by atoms with E-state index in [9.17, 15) is 0 Å². The van der Waals surface area contributed by atoms with Crippen molar-refractivity contribution >= 4 is 21.1 Å². The van der Waals surface area contributed by atoms with Crippen molar-refractivity contribution in [1.29, 1.82) is 0 Å². The predicted octanol–water partition coefficient (Wildman–Crippen LogP) is -0.408. The Morgan fingerprint density at radius 3 is 2.27 bits per heavy atom. The number of rotatable bonds is 6. The first-order valence-corrected chi connectivity index (χ1v) is 6.56. The Labute approximate surface area is 95.1 Å². The lowest BCUT2D eigenvalue weighted by Crippen LogP contribution is -2.48. The maximum Gasteiger partial charge on any atom is 0.132 e. The SMILES string of the molecule is CCNC(NCC)Nc1ccccc1[SiH3]. The van der Waals surface area contributed by atoms with Gasteiger partial charge in [-0.2, -0.15) is 0 Å². The van der Waals surface area contributed by atoms with Gasteiger partial charge in [-0.25, -0.2) is 0 Å². The third-order valence-electron chi connectivity index (χ3n) is 2.26. The number of anilines is 1. The first kappa shape index (κ1) is 12.2. The van der Waals surface area contributed by atoms with Gasteiger partial charge in [-0.3, -0.25) is 10.6 Å². The second kappa shape index (κ2) is 6.61. The van der Waals surface area contributed by atoms with Crippen LogP contribution in [0.5, 0.6) is 0 Å². The number of hydrogen-bond donors (Lipinski definition) is 3. The molecule has 0 amide bonds. The highest BCUT2D eigenvalue weighted by atomic mass is 28.1. The Morgan fingerprint density at radius 2 is 1.73 bits per heavy atom. The Bertz CT molecular complexity index is 285. The molecule has 0 fully saturated rings. The molecule has 0 saturated heterocycles. The van der Waals surface area contributed by atoms with Gasteiger partial charge in [0, 0.05) is 15.9 Å². The minimum Gasteiger partial charge on any atom is -0.358 e. The van der Waals surface area contributed by atoms with Crippen molar-refractivity contribution in [3.8, 4) is 0 Å². The summed E-state index contributed by atoms with van der Waals surface area (Å²) < 4.78 is 0. The molecule has 0 aromatic heterocycles. The number of hydrogen-bond acceptors (Lipinski definition) is 3. The monoisotopic (exact) mass is 223 g/mol. The molecule has 84 valence electrons. The summed E-state index contributed by atoms with van der Waals surface area (Å²) in [5, 5.41) is 11.6. The van der Waals surface area contributed by atoms with Gasteiger partial charge in [0.2, 0.25) is 0 Å². The molecule has 0 aliphatic heterocycles. The van der Waals surface area contributed by atoms with E-state index in [1.807, 2.05) is 0 Å². The van der Waals surface area contributed by atoms with Crippen molar-refractivity contribution < 1.29 is 0 Å². The van der Waals surface area contributed by atoms with Gasteiger partial charge in [0.25, 0.3) is 0 Å². The van der Waals surface area contributed by atoms with Crippen LogP contribution in [0.25, 0.3) is 0 Å². The van der Waals surface area contributed by atoms with E-state index >= 15 is 0 Å². The molecule has 1 rings (SSSR count). The number of benzene rings is 1. The minimum absolute atomic E-state index is 0.162. The molecule has 0 spiro atoms. The molecule has 15 heavy (non-hydrogen) atoms. The van der Waals surface area contributed by atoms with Crippen LogP contribution in [-0.4, -0.2) is 29.6 Å². The van der Waals surface area contributed by atoms with E-state index in [1.54, 1.807) is 0 Å². The molecule has 4 heteroatoms. The lowest BCUT2D eigenvalue weighted by Gasteiger charge is -2.22. The second-order valence-electron chi connectivity index (χ2n) is 3.51. The van der Waals surface area contributed by atoms with Crippen LogP contribution < -0.4 is 21.1 Å². The van der Waals surface area contributed by atoms with Crippen LogP contribution >= 0.6 is 0 Å². The van der Waals surface area contributed by atoms with E-state index in [0.29, 0.717) is 0 Å². The topological polar surface area (TPSA) is 36.1 Å². The number of nitrogens with one attached hydrogen (secondary N) is 3. The van der Waals surface area contributed by atoms with E-state index in [1.165, 1.54) is 10.9 Å². The van der Waals surface area contributed by atoms with Crippen LogP contribution in [-0.2, 0) is 0 Å². The fourth-order valence-corrected chi connectivity index (χ4v) is 1.98. The third kappa shape index (κ3) is 4.03. The largest absolute Gasteiger partial charge is 0.358 e. The van der Waals surface area contributed by atoms with Gasteiger partial charge >= 0.3 is 0 Å².